The maximum atomic E-state index is 4.73. The molecule has 0 aliphatic carbocycles. The summed E-state index contributed by atoms with van der Waals surface area (Å²) in [5.74, 6) is 0. The minimum absolute atomic E-state index is 0.489. The molecule has 3 aliphatic heterocycles. The Morgan fingerprint density at radius 3 is 2.90 bits per heavy atom. The summed E-state index contributed by atoms with van der Waals surface area (Å²) in [6.07, 6.45) is 5.27. The van der Waals surface area contributed by atoms with Crippen molar-refractivity contribution in [2.45, 2.75) is 18.5 Å². The zero-order valence-electron chi connectivity index (χ0n) is 11.8. The minimum atomic E-state index is 0.489. The van der Waals surface area contributed by atoms with E-state index in [1.165, 1.54) is 38.4 Å². The van der Waals surface area contributed by atoms with Gasteiger partial charge in [-0.3, -0.25) is 14.2 Å². The van der Waals surface area contributed by atoms with Crippen LogP contribution in [0.15, 0.2) is 17.8 Å². The summed E-state index contributed by atoms with van der Waals surface area (Å²) in [7, 11) is 2.09. The molecule has 0 saturated carbocycles. The minimum Gasteiger partial charge on any atom is -0.315 e. The van der Waals surface area contributed by atoms with E-state index in [0.29, 0.717) is 12.1 Å². The standard InChI is InChI=1S/C14H21N5S/c1-15-12(13-10-17-2-4-18(13)5-3-17)8-11-9-19-6-7-20-14(19)16-11/h6-7,9,12-13,15H,2-5,8,10H2,1H3. The number of fused-ring (bicyclic) bond motifs is 4. The summed E-state index contributed by atoms with van der Waals surface area (Å²) < 4.78 is 2.13. The number of hydrogen-bond acceptors (Lipinski definition) is 5. The molecule has 3 fully saturated rings. The van der Waals surface area contributed by atoms with Crippen molar-refractivity contribution in [3.63, 3.8) is 0 Å². The number of nitrogens with one attached hydrogen (secondary N) is 1. The van der Waals surface area contributed by atoms with Crippen LogP contribution in [0.5, 0.6) is 0 Å². The van der Waals surface area contributed by atoms with Crippen molar-refractivity contribution in [2.24, 2.45) is 0 Å². The van der Waals surface area contributed by atoms with Crippen molar-refractivity contribution in [3.05, 3.63) is 23.5 Å². The van der Waals surface area contributed by atoms with E-state index in [1.54, 1.807) is 11.3 Å². The van der Waals surface area contributed by atoms with Gasteiger partial charge in [0.1, 0.15) is 0 Å². The molecule has 20 heavy (non-hydrogen) atoms. The van der Waals surface area contributed by atoms with Crippen molar-refractivity contribution >= 4 is 16.3 Å². The van der Waals surface area contributed by atoms with Gasteiger partial charge in [-0.1, -0.05) is 0 Å². The first-order chi connectivity index (χ1) is 9.83. The van der Waals surface area contributed by atoms with Crippen molar-refractivity contribution in [1.29, 1.82) is 0 Å². The Morgan fingerprint density at radius 1 is 1.40 bits per heavy atom. The third-order valence-corrected chi connectivity index (χ3v) is 5.50. The quantitative estimate of drug-likeness (QED) is 0.891. The first-order valence-electron chi connectivity index (χ1n) is 7.38. The third-order valence-electron chi connectivity index (χ3n) is 4.73. The van der Waals surface area contributed by atoms with Gasteiger partial charge >= 0.3 is 0 Å². The van der Waals surface area contributed by atoms with E-state index in [4.69, 9.17) is 4.98 Å². The van der Waals surface area contributed by atoms with E-state index in [1.807, 2.05) is 0 Å². The lowest BCUT2D eigenvalue weighted by Crippen LogP contribution is -2.66. The van der Waals surface area contributed by atoms with E-state index in [9.17, 15) is 0 Å². The van der Waals surface area contributed by atoms with Crippen LogP contribution in [0.1, 0.15) is 5.69 Å². The van der Waals surface area contributed by atoms with Gasteiger partial charge in [0, 0.05) is 69.0 Å². The summed E-state index contributed by atoms with van der Waals surface area (Å²) in [4.78, 5) is 11.1. The van der Waals surface area contributed by atoms with Crippen LogP contribution in [-0.2, 0) is 6.42 Å². The topological polar surface area (TPSA) is 35.8 Å². The van der Waals surface area contributed by atoms with Crippen LogP contribution in [0.4, 0.5) is 0 Å². The Labute approximate surface area is 123 Å². The van der Waals surface area contributed by atoms with E-state index in [0.717, 1.165) is 11.4 Å². The Bertz CT molecular complexity index is 555. The van der Waals surface area contributed by atoms with Gasteiger partial charge in [-0.05, 0) is 7.05 Å². The third kappa shape index (κ3) is 2.16. The van der Waals surface area contributed by atoms with Gasteiger partial charge in [0.2, 0.25) is 0 Å². The van der Waals surface area contributed by atoms with Gasteiger partial charge in [-0.15, -0.1) is 11.3 Å². The lowest BCUT2D eigenvalue weighted by molar-refractivity contribution is -0.00213. The van der Waals surface area contributed by atoms with Gasteiger partial charge < -0.3 is 5.32 Å². The SMILES string of the molecule is CNC(Cc1cn2ccsc2n1)C1CN2CCN1CC2. The van der Waals surface area contributed by atoms with Crippen molar-refractivity contribution in [3.8, 4) is 0 Å². The van der Waals surface area contributed by atoms with Crippen LogP contribution in [-0.4, -0.2) is 71.0 Å². The molecule has 0 aromatic carbocycles. The number of rotatable bonds is 4. The second kappa shape index (κ2) is 5.11. The second-order valence-corrected chi connectivity index (χ2v) is 6.70. The molecule has 2 aromatic heterocycles. The average molecular weight is 291 g/mol. The maximum absolute atomic E-state index is 4.73. The Hall–Kier alpha value is -0.950. The molecule has 1 N–H and O–H groups in total. The molecule has 108 valence electrons. The highest BCUT2D eigenvalue weighted by molar-refractivity contribution is 7.15. The van der Waals surface area contributed by atoms with Gasteiger partial charge in [0.05, 0.1) is 5.69 Å². The Morgan fingerprint density at radius 2 is 2.25 bits per heavy atom. The van der Waals surface area contributed by atoms with Crippen LogP contribution in [0.2, 0.25) is 0 Å². The molecule has 6 heteroatoms. The zero-order valence-corrected chi connectivity index (χ0v) is 12.6. The molecular weight excluding hydrogens is 270 g/mol. The number of likely N-dealkylation sites (N-methyl/N-ethyl adjacent to an activating group) is 1. The van der Waals surface area contributed by atoms with Crippen LogP contribution < -0.4 is 5.32 Å². The number of nitrogens with zero attached hydrogens (tertiary/aromatic N) is 4. The van der Waals surface area contributed by atoms with Gasteiger partial charge in [-0.2, -0.15) is 0 Å². The first-order valence-corrected chi connectivity index (χ1v) is 8.26. The van der Waals surface area contributed by atoms with E-state index >= 15 is 0 Å². The summed E-state index contributed by atoms with van der Waals surface area (Å²) >= 11 is 1.70. The number of imidazole rings is 1. The van der Waals surface area contributed by atoms with Crippen LogP contribution in [0, 0.1) is 0 Å². The zero-order chi connectivity index (χ0) is 13.5. The van der Waals surface area contributed by atoms with Gasteiger partial charge in [0.25, 0.3) is 0 Å². The molecule has 3 saturated heterocycles. The Kier molecular flexibility index (Phi) is 3.26. The summed E-state index contributed by atoms with van der Waals surface area (Å²) in [6, 6.07) is 1.12. The molecule has 5 rings (SSSR count). The lowest BCUT2D eigenvalue weighted by Gasteiger charge is -2.50. The van der Waals surface area contributed by atoms with Crippen LogP contribution in [0.25, 0.3) is 4.96 Å². The van der Waals surface area contributed by atoms with Crippen LogP contribution >= 0.6 is 11.3 Å². The molecule has 0 spiro atoms. The number of aromatic nitrogens is 2. The molecule has 2 bridgehead atoms. The highest BCUT2D eigenvalue weighted by Gasteiger charge is 2.36. The van der Waals surface area contributed by atoms with Crippen molar-refractivity contribution < 1.29 is 0 Å². The second-order valence-electron chi connectivity index (χ2n) is 5.83. The van der Waals surface area contributed by atoms with Crippen molar-refractivity contribution in [2.75, 3.05) is 39.8 Å². The van der Waals surface area contributed by atoms with E-state index in [2.05, 4.69) is 44.3 Å². The normalized spacial score (nSPS) is 30.9. The molecular formula is C14H21N5S. The highest BCUT2D eigenvalue weighted by Crippen LogP contribution is 2.21. The Balaban J connectivity index is 1.51. The maximum Gasteiger partial charge on any atom is 0.193 e. The van der Waals surface area contributed by atoms with Crippen molar-refractivity contribution in [1.82, 2.24) is 24.5 Å². The number of thiazole rings is 1. The molecule has 0 radical (unpaired) electrons. The molecule has 3 aliphatic rings. The summed E-state index contributed by atoms with van der Waals surface area (Å²) in [5, 5.41) is 5.61. The fraction of sp³-hybridized carbons (Fsp3) is 0.643. The predicted molar refractivity (Wildman–Crippen MR) is 81.4 cm³/mol. The largest absolute Gasteiger partial charge is 0.315 e. The molecule has 2 aromatic rings. The molecule has 2 unspecified atom stereocenters. The molecule has 5 nitrogen and oxygen atoms in total. The highest BCUT2D eigenvalue weighted by atomic mass is 32.1. The monoisotopic (exact) mass is 291 g/mol. The fourth-order valence-electron chi connectivity index (χ4n) is 3.57. The average Bonchev–Trinajstić information content (AvgIpc) is 3.07. The number of piperazine rings is 3. The summed E-state index contributed by atoms with van der Waals surface area (Å²) in [6.45, 7) is 6.14. The predicted octanol–water partition coefficient (Wildman–Crippen LogP) is 0.526. The molecule has 5 heterocycles. The first kappa shape index (κ1) is 12.8. The van der Waals surface area contributed by atoms with E-state index in [-0.39, 0.29) is 0 Å². The summed E-state index contributed by atoms with van der Waals surface area (Å²) in [5.41, 5.74) is 1.20. The smallest absolute Gasteiger partial charge is 0.193 e. The van der Waals surface area contributed by atoms with Gasteiger partial charge in [-0.25, -0.2) is 4.98 Å². The fourth-order valence-corrected chi connectivity index (χ4v) is 4.29. The van der Waals surface area contributed by atoms with Gasteiger partial charge in [0.15, 0.2) is 4.96 Å². The lowest BCUT2D eigenvalue weighted by atomic mass is 9.97. The molecule has 2 atom stereocenters. The molecule has 0 amide bonds. The number of hydrogen-bond donors (Lipinski definition) is 1. The van der Waals surface area contributed by atoms with Crippen LogP contribution in [0.3, 0.4) is 0 Å². The van der Waals surface area contributed by atoms with E-state index < -0.39 is 0 Å².